The van der Waals surface area contributed by atoms with Crippen molar-refractivity contribution in [3.05, 3.63) is 206 Å². The number of hydrogen-bond donors (Lipinski definition) is 0. The van der Waals surface area contributed by atoms with Crippen molar-refractivity contribution in [3.63, 3.8) is 0 Å². The number of hydrogen-bond acceptors (Lipinski definition) is 6. The Hall–Kier alpha value is -9.00. The molecule has 0 spiro atoms. The molecule has 14 rings (SSSR count). The molecule has 0 N–H and O–H groups in total. The highest BCUT2D eigenvalue weighted by Gasteiger charge is 2.23. The van der Waals surface area contributed by atoms with Crippen LogP contribution in [-0.2, 0) is 0 Å². The highest BCUT2D eigenvalue weighted by atomic mass is 16.3. The third kappa shape index (κ3) is 5.55. The predicted octanol–water partition coefficient (Wildman–Crippen LogP) is 16.0. The Bertz CT molecular complexity index is 4230. The molecule has 0 radical (unpaired) electrons. The summed E-state index contributed by atoms with van der Waals surface area (Å²) in [5.74, 6) is 1.77. The van der Waals surface area contributed by atoms with Crippen LogP contribution in [0.4, 0.5) is 0 Å². The van der Waals surface area contributed by atoms with Crippen LogP contribution in [0, 0.1) is 0 Å². The van der Waals surface area contributed by atoms with Crippen LogP contribution >= 0.6 is 0 Å². The number of para-hydroxylation sites is 2. The maximum absolute atomic E-state index is 6.89. The molecular weight excluding hydrogens is 809 g/mol. The molecule has 0 amide bonds. The van der Waals surface area contributed by atoms with Gasteiger partial charge in [-0.25, -0.2) is 19.9 Å². The van der Waals surface area contributed by atoms with E-state index >= 15 is 0 Å². The molecule has 66 heavy (non-hydrogen) atoms. The van der Waals surface area contributed by atoms with Gasteiger partial charge in [0.1, 0.15) is 22.3 Å². The Morgan fingerprint density at radius 3 is 1.55 bits per heavy atom. The van der Waals surface area contributed by atoms with Gasteiger partial charge in [0.25, 0.3) is 0 Å². The molecule has 0 aliphatic rings. The number of aromatic nitrogens is 4. The molecule has 306 valence electrons. The standard InChI is InChI=1S/C60H34N4O2/c1-3-15-35(16-4-1)56-47-31-30-45-48-33-37(28-32-51(48)66-57(45)54(47)46-24-11-13-25-49(46)61-56)53-41-20-7-9-22-43(41)55(44-23-10-8-21-42(44)53)60-63-58(36-17-5-2-6-18-36)62-59(64-60)38-27-29-40-39-19-12-14-26-50(39)65-52(40)34-38/h1-34H. The van der Waals surface area contributed by atoms with E-state index in [4.69, 9.17) is 28.8 Å². The number of nitrogens with zero attached hydrogens (tertiary/aromatic N) is 4. The largest absolute Gasteiger partial charge is 0.456 e. The smallest absolute Gasteiger partial charge is 0.165 e. The SMILES string of the molecule is c1ccc(-c2nc(-c3ccc4c(c3)oc3ccccc34)nc(-c3c4ccccc4c(-c4ccc5oc6c(ccc7c(-c8ccccc8)nc8ccccc8c76)c5c4)c4ccccc34)n2)cc1. The number of fused-ring (bicyclic) bond motifs is 12. The van der Waals surface area contributed by atoms with E-state index in [2.05, 4.69) is 140 Å². The zero-order valence-electron chi connectivity index (χ0n) is 35.2. The third-order valence-electron chi connectivity index (χ3n) is 13.1. The van der Waals surface area contributed by atoms with Gasteiger partial charge in [-0.15, -0.1) is 0 Å². The van der Waals surface area contributed by atoms with Crippen LogP contribution in [-0.4, -0.2) is 19.9 Å². The van der Waals surface area contributed by atoms with Gasteiger partial charge in [-0.3, -0.25) is 0 Å². The first-order chi connectivity index (χ1) is 32.7. The molecule has 0 saturated carbocycles. The average molecular weight is 843 g/mol. The Morgan fingerprint density at radius 2 is 0.803 bits per heavy atom. The van der Waals surface area contributed by atoms with Crippen molar-refractivity contribution in [1.82, 2.24) is 19.9 Å². The molecular formula is C60H34N4O2. The van der Waals surface area contributed by atoms with Gasteiger partial charge in [-0.05, 0) is 75.1 Å². The molecule has 0 bridgehead atoms. The Labute approximate surface area is 377 Å². The molecule has 0 fully saturated rings. The number of rotatable bonds is 5. The zero-order valence-corrected chi connectivity index (χ0v) is 35.2. The minimum atomic E-state index is 0.572. The molecule has 0 aliphatic heterocycles. The van der Waals surface area contributed by atoms with Gasteiger partial charge in [0.2, 0.25) is 0 Å². The second-order valence-electron chi connectivity index (χ2n) is 16.8. The summed E-state index contributed by atoms with van der Waals surface area (Å²) >= 11 is 0. The fourth-order valence-corrected chi connectivity index (χ4v) is 10.1. The molecule has 0 atom stereocenters. The predicted molar refractivity (Wildman–Crippen MR) is 269 cm³/mol. The number of furan rings is 2. The summed E-state index contributed by atoms with van der Waals surface area (Å²) in [5.41, 5.74) is 11.2. The summed E-state index contributed by atoms with van der Waals surface area (Å²) in [6, 6.07) is 71.5. The number of pyridine rings is 1. The van der Waals surface area contributed by atoms with Crippen molar-refractivity contribution in [3.8, 4) is 56.5 Å². The monoisotopic (exact) mass is 842 g/mol. The van der Waals surface area contributed by atoms with Crippen molar-refractivity contribution in [2.75, 3.05) is 0 Å². The van der Waals surface area contributed by atoms with E-state index in [1.165, 1.54) is 0 Å². The first kappa shape index (κ1) is 36.5. The van der Waals surface area contributed by atoms with Gasteiger partial charge < -0.3 is 8.83 Å². The van der Waals surface area contributed by atoms with Crippen LogP contribution in [0.3, 0.4) is 0 Å². The van der Waals surface area contributed by atoms with E-state index in [1.807, 2.05) is 66.7 Å². The van der Waals surface area contributed by atoms with Gasteiger partial charge in [0.05, 0.1) is 11.2 Å². The summed E-state index contributed by atoms with van der Waals surface area (Å²) in [7, 11) is 0. The molecule has 0 unspecified atom stereocenters. The molecule has 6 nitrogen and oxygen atoms in total. The van der Waals surface area contributed by atoms with E-state index in [1.54, 1.807) is 0 Å². The van der Waals surface area contributed by atoms with Crippen molar-refractivity contribution in [1.29, 1.82) is 0 Å². The van der Waals surface area contributed by atoms with Crippen LogP contribution in [0.1, 0.15) is 0 Å². The normalized spacial score (nSPS) is 11.9. The van der Waals surface area contributed by atoms with E-state index < -0.39 is 0 Å². The topological polar surface area (TPSA) is 77.8 Å². The van der Waals surface area contributed by atoms with Gasteiger partial charge in [-0.2, -0.15) is 0 Å². The van der Waals surface area contributed by atoms with Crippen LogP contribution in [0.5, 0.6) is 0 Å². The molecule has 4 heterocycles. The molecule has 14 aromatic rings. The molecule has 4 aromatic heterocycles. The summed E-state index contributed by atoms with van der Waals surface area (Å²) in [6.45, 7) is 0. The highest BCUT2D eigenvalue weighted by Crippen LogP contribution is 2.46. The third-order valence-corrected chi connectivity index (χ3v) is 13.1. The van der Waals surface area contributed by atoms with E-state index in [0.717, 1.165) is 126 Å². The maximum atomic E-state index is 6.89. The molecule has 10 aromatic carbocycles. The lowest BCUT2D eigenvalue weighted by Gasteiger charge is -2.17. The lowest BCUT2D eigenvalue weighted by molar-refractivity contribution is 0.669. The van der Waals surface area contributed by atoms with Crippen molar-refractivity contribution >= 4 is 87.1 Å². The van der Waals surface area contributed by atoms with Crippen LogP contribution < -0.4 is 0 Å². The maximum Gasteiger partial charge on any atom is 0.165 e. The molecule has 0 saturated heterocycles. The highest BCUT2D eigenvalue weighted by molar-refractivity contribution is 6.26. The minimum Gasteiger partial charge on any atom is -0.456 e. The summed E-state index contributed by atoms with van der Waals surface area (Å²) in [6.07, 6.45) is 0. The van der Waals surface area contributed by atoms with E-state index in [0.29, 0.717) is 17.5 Å². The summed E-state index contributed by atoms with van der Waals surface area (Å²) in [4.78, 5) is 20.9. The molecule has 6 heteroatoms. The minimum absolute atomic E-state index is 0.572. The fraction of sp³-hybridized carbons (Fsp3) is 0. The van der Waals surface area contributed by atoms with E-state index in [-0.39, 0.29) is 0 Å². The van der Waals surface area contributed by atoms with Gasteiger partial charge in [0, 0.05) is 60.0 Å². The van der Waals surface area contributed by atoms with Crippen molar-refractivity contribution in [2.45, 2.75) is 0 Å². The first-order valence-corrected chi connectivity index (χ1v) is 22.1. The molecule has 0 aliphatic carbocycles. The van der Waals surface area contributed by atoms with Crippen LogP contribution in [0.25, 0.3) is 144 Å². The average Bonchev–Trinajstić information content (AvgIpc) is 3.96. The Kier molecular flexibility index (Phi) is 7.88. The second-order valence-corrected chi connectivity index (χ2v) is 16.8. The lowest BCUT2D eigenvalue weighted by Crippen LogP contribution is -2.01. The lowest BCUT2D eigenvalue weighted by atomic mass is 9.87. The quantitative estimate of drug-likeness (QED) is 0.127. The summed E-state index contributed by atoms with van der Waals surface area (Å²) < 4.78 is 13.2. The number of benzene rings is 10. The van der Waals surface area contributed by atoms with Crippen molar-refractivity contribution < 1.29 is 8.83 Å². The Morgan fingerprint density at radius 1 is 0.273 bits per heavy atom. The second kappa shape index (κ2) is 14.3. The fourth-order valence-electron chi connectivity index (χ4n) is 10.1. The first-order valence-electron chi connectivity index (χ1n) is 22.1. The van der Waals surface area contributed by atoms with Gasteiger partial charge in [-0.1, -0.05) is 164 Å². The van der Waals surface area contributed by atoms with Crippen molar-refractivity contribution in [2.24, 2.45) is 0 Å². The zero-order chi connectivity index (χ0) is 43.3. The van der Waals surface area contributed by atoms with Crippen LogP contribution in [0.15, 0.2) is 215 Å². The summed E-state index contributed by atoms with van der Waals surface area (Å²) in [5, 5.41) is 11.7. The Balaban J connectivity index is 0.993. The van der Waals surface area contributed by atoms with E-state index in [9.17, 15) is 0 Å². The van der Waals surface area contributed by atoms with Crippen LogP contribution in [0.2, 0.25) is 0 Å². The van der Waals surface area contributed by atoms with Gasteiger partial charge >= 0.3 is 0 Å². The van der Waals surface area contributed by atoms with Gasteiger partial charge in [0.15, 0.2) is 17.5 Å².